The molecule has 7 nitrogen and oxygen atoms in total. The number of hydrogen-bond acceptors (Lipinski definition) is 6. The normalized spacial score (nSPS) is 21.4. The molecule has 0 aromatic heterocycles. The zero-order valence-electron chi connectivity index (χ0n) is 15.7. The minimum atomic E-state index is -3.08. The van der Waals surface area contributed by atoms with Crippen molar-refractivity contribution in [1.29, 1.82) is 0 Å². The van der Waals surface area contributed by atoms with Crippen LogP contribution in [0.4, 0.5) is 0 Å². The first-order chi connectivity index (χ1) is 13.3. The van der Waals surface area contributed by atoms with Crippen LogP contribution in [0, 0.1) is 0 Å². The monoisotopic (exact) mass is 473 g/mol. The van der Waals surface area contributed by atoms with E-state index in [1.807, 2.05) is 0 Å². The second kappa shape index (κ2) is 8.82. The van der Waals surface area contributed by atoms with Crippen LogP contribution in [-0.4, -0.2) is 62.5 Å². The van der Waals surface area contributed by atoms with Crippen LogP contribution >= 0.6 is 15.9 Å². The van der Waals surface area contributed by atoms with Gasteiger partial charge in [0.05, 0.1) is 28.7 Å². The molecule has 1 aliphatic carbocycles. The zero-order valence-corrected chi connectivity index (χ0v) is 18.1. The summed E-state index contributed by atoms with van der Waals surface area (Å²) in [6.07, 6.45) is 4.40. The average molecular weight is 474 g/mol. The average Bonchev–Trinajstić information content (AvgIpc) is 3.30. The Morgan fingerprint density at radius 1 is 1.18 bits per heavy atom. The Kier molecular flexibility index (Phi) is 6.65. The molecule has 0 spiro atoms. The van der Waals surface area contributed by atoms with Gasteiger partial charge < -0.3 is 14.4 Å². The molecule has 0 N–H and O–H groups in total. The van der Waals surface area contributed by atoms with Crippen molar-refractivity contribution < 1.29 is 27.5 Å². The third-order valence-electron chi connectivity index (χ3n) is 5.31. The summed E-state index contributed by atoms with van der Waals surface area (Å²) in [4.78, 5) is 26.3. The lowest BCUT2D eigenvalue weighted by atomic mass is 10.1. The van der Waals surface area contributed by atoms with Crippen molar-refractivity contribution in [2.45, 2.75) is 44.2 Å². The van der Waals surface area contributed by atoms with Crippen molar-refractivity contribution in [1.82, 2.24) is 4.90 Å². The lowest BCUT2D eigenvalue weighted by Gasteiger charge is -2.34. The molecule has 2 aliphatic rings. The van der Waals surface area contributed by atoms with Crippen LogP contribution < -0.4 is 4.74 Å². The maximum Gasteiger partial charge on any atom is 0.337 e. The topological polar surface area (TPSA) is 90.0 Å². The summed E-state index contributed by atoms with van der Waals surface area (Å²) in [5.74, 6) is -0.0509. The van der Waals surface area contributed by atoms with E-state index in [1.165, 1.54) is 7.11 Å². The predicted molar refractivity (Wildman–Crippen MR) is 107 cm³/mol. The van der Waals surface area contributed by atoms with Gasteiger partial charge in [-0.2, -0.15) is 0 Å². The summed E-state index contributed by atoms with van der Waals surface area (Å²) in [5, 5.41) is 0. The molecule has 1 aliphatic heterocycles. The van der Waals surface area contributed by atoms with Gasteiger partial charge in [0.1, 0.15) is 5.75 Å². The molecular weight excluding hydrogens is 450 g/mol. The molecule has 1 atom stereocenters. The number of carbonyl (C=O) groups is 2. The van der Waals surface area contributed by atoms with Gasteiger partial charge in [-0.1, -0.05) is 12.8 Å². The van der Waals surface area contributed by atoms with Crippen LogP contribution in [0.5, 0.6) is 5.75 Å². The first kappa shape index (κ1) is 21.1. The molecule has 0 bridgehead atoms. The minimum Gasteiger partial charge on any atom is -0.483 e. The fourth-order valence-corrected chi connectivity index (χ4v) is 6.16. The van der Waals surface area contributed by atoms with Crippen molar-refractivity contribution in [3.8, 4) is 5.75 Å². The van der Waals surface area contributed by atoms with Crippen LogP contribution in [0.1, 0.15) is 42.5 Å². The Balaban J connectivity index is 1.69. The predicted octanol–water partition coefficient (Wildman–Crippen LogP) is 2.57. The molecule has 154 valence electrons. The van der Waals surface area contributed by atoms with Crippen molar-refractivity contribution in [2.75, 3.05) is 25.2 Å². The van der Waals surface area contributed by atoms with Crippen molar-refractivity contribution in [3.05, 3.63) is 28.2 Å². The van der Waals surface area contributed by atoms with Gasteiger partial charge >= 0.3 is 5.97 Å². The van der Waals surface area contributed by atoms with E-state index in [1.54, 1.807) is 23.1 Å². The number of amides is 1. The van der Waals surface area contributed by atoms with E-state index in [2.05, 4.69) is 20.7 Å². The Labute approximate surface area is 173 Å². The van der Waals surface area contributed by atoms with E-state index in [-0.39, 0.29) is 36.1 Å². The molecule has 1 amide bonds. The lowest BCUT2D eigenvalue weighted by Crippen LogP contribution is -2.48. The Bertz CT molecular complexity index is 850. The van der Waals surface area contributed by atoms with E-state index < -0.39 is 15.8 Å². The first-order valence-electron chi connectivity index (χ1n) is 9.33. The summed E-state index contributed by atoms with van der Waals surface area (Å²) in [7, 11) is -1.77. The van der Waals surface area contributed by atoms with Gasteiger partial charge in [-0.05, 0) is 53.4 Å². The first-order valence-corrected chi connectivity index (χ1v) is 11.9. The number of halogens is 1. The highest BCUT2D eigenvalue weighted by Gasteiger charge is 2.39. The van der Waals surface area contributed by atoms with E-state index in [4.69, 9.17) is 4.74 Å². The quantitative estimate of drug-likeness (QED) is 0.589. The summed E-state index contributed by atoms with van der Waals surface area (Å²) < 4.78 is 34.7. The van der Waals surface area contributed by atoms with Crippen LogP contribution in [0.2, 0.25) is 0 Å². The summed E-state index contributed by atoms with van der Waals surface area (Å²) in [6, 6.07) is 4.55. The Morgan fingerprint density at radius 3 is 2.46 bits per heavy atom. The van der Waals surface area contributed by atoms with Gasteiger partial charge in [-0.15, -0.1) is 0 Å². The highest BCUT2D eigenvalue weighted by Crippen LogP contribution is 2.30. The summed E-state index contributed by atoms with van der Waals surface area (Å²) in [6.45, 7) is -0.177. The fraction of sp³-hybridized carbons (Fsp3) is 0.579. The molecule has 1 heterocycles. The van der Waals surface area contributed by atoms with Crippen LogP contribution in [0.3, 0.4) is 0 Å². The number of sulfone groups is 1. The standard InChI is InChI=1S/C19H24BrNO6S/c1-26-19(23)13-6-7-17(16(20)10-13)27-11-18(22)21(14-4-2-3-5-14)15-8-9-28(24,25)12-15/h6-7,10,14-15H,2-5,8-9,11-12H2,1H3. The van der Waals surface area contributed by atoms with Crippen molar-refractivity contribution in [3.63, 3.8) is 0 Å². The van der Waals surface area contributed by atoms with Crippen molar-refractivity contribution in [2.24, 2.45) is 0 Å². The van der Waals surface area contributed by atoms with Gasteiger partial charge in [-0.25, -0.2) is 13.2 Å². The summed E-state index contributed by atoms with van der Waals surface area (Å²) >= 11 is 3.34. The van der Waals surface area contributed by atoms with E-state index in [0.717, 1.165) is 25.7 Å². The number of nitrogens with zero attached hydrogens (tertiary/aromatic N) is 1. The highest BCUT2D eigenvalue weighted by molar-refractivity contribution is 9.10. The maximum absolute atomic E-state index is 13.0. The SMILES string of the molecule is COC(=O)c1ccc(OCC(=O)N(C2CCCC2)C2CCS(=O)(=O)C2)c(Br)c1. The maximum atomic E-state index is 13.0. The van der Waals surface area contributed by atoms with Crippen molar-refractivity contribution >= 4 is 37.6 Å². The molecule has 28 heavy (non-hydrogen) atoms. The zero-order chi connectivity index (χ0) is 20.3. The molecule has 0 radical (unpaired) electrons. The fourth-order valence-electron chi connectivity index (χ4n) is 3.96. The molecule has 1 saturated heterocycles. The lowest BCUT2D eigenvalue weighted by molar-refractivity contribution is -0.137. The van der Waals surface area contributed by atoms with Crippen LogP contribution in [0.25, 0.3) is 0 Å². The molecule has 1 unspecified atom stereocenters. The second-order valence-electron chi connectivity index (χ2n) is 7.22. The number of carbonyl (C=O) groups excluding carboxylic acids is 2. The highest BCUT2D eigenvalue weighted by atomic mass is 79.9. The smallest absolute Gasteiger partial charge is 0.337 e. The van der Waals surface area contributed by atoms with E-state index >= 15 is 0 Å². The van der Waals surface area contributed by atoms with Gasteiger partial charge in [0.2, 0.25) is 0 Å². The Morgan fingerprint density at radius 2 is 1.89 bits per heavy atom. The molecule has 1 aromatic carbocycles. The molecular formula is C19H24BrNO6S. The van der Waals surface area contributed by atoms with Gasteiger partial charge in [0.15, 0.2) is 16.4 Å². The largest absolute Gasteiger partial charge is 0.483 e. The molecule has 1 aromatic rings. The van der Waals surface area contributed by atoms with Crippen LogP contribution in [-0.2, 0) is 19.4 Å². The second-order valence-corrected chi connectivity index (χ2v) is 10.3. The van der Waals surface area contributed by atoms with Crippen LogP contribution in [0.15, 0.2) is 22.7 Å². The molecule has 3 rings (SSSR count). The number of benzene rings is 1. The number of esters is 1. The Hall–Kier alpha value is -1.61. The van der Waals surface area contributed by atoms with E-state index in [0.29, 0.717) is 22.2 Å². The summed E-state index contributed by atoms with van der Waals surface area (Å²) in [5.41, 5.74) is 0.372. The number of rotatable bonds is 6. The number of hydrogen-bond donors (Lipinski definition) is 0. The van der Waals surface area contributed by atoms with Gasteiger partial charge in [-0.3, -0.25) is 4.79 Å². The number of ether oxygens (including phenoxy) is 2. The number of methoxy groups -OCH3 is 1. The van der Waals surface area contributed by atoms with Gasteiger partial charge in [0, 0.05) is 12.1 Å². The minimum absolute atomic E-state index is 0.0345. The molecule has 1 saturated carbocycles. The molecule has 9 heteroatoms. The third kappa shape index (κ3) is 4.86. The van der Waals surface area contributed by atoms with E-state index in [9.17, 15) is 18.0 Å². The molecule has 2 fully saturated rings. The van der Waals surface area contributed by atoms with Gasteiger partial charge in [0.25, 0.3) is 5.91 Å². The third-order valence-corrected chi connectivity index (χ3v) is 7.68.